The number of benzene rings is 2. The Bertz CT molecular complexity index is 975. The molecule has 1 fully saturated rings. The van der Waals surface area contributed by atoms with Gasteiger partial charge in [0.1, 0.15) is 0 Å². The van der Waals surface area contributed by atoms with Crippen molar-refractivity contribution in [1.82, 2.24) is 15.6 Å². The van der Waals surface area contributed by atoms with Crippen molar-refractivity contribution in [3.63, 3.8) is 0 Å². The van der Waals surface area contributed by atoms with E-state index in [4.69, 9.17) is 4.74 Å². The minimum Gasteiger partial charge on any atom is -0.379 e. The molecular formula is C24H29N5O5. The second-order valence-electron chi connectivity index (χ2n) is 7.86. The third kappa shape index (κ3) is 7.75. The predicted molar refractivity (Wildman–Crippen MR) is 128 cm³/mol. The van der Waals surface area contributed by atoms with E-state index in [0.717, 1.165) is 12.8 Å². The summed E-state index contributed by atoms with van der Waals surface area (Å²) in [5.41, 5.74) is 3.85. The van der Waals surface area contributed by atoms with Crippen molar-refractivity contribution in [3.05, 3.63) is 75.8 Å². The number of hydrogen-bond acceptors (Lipinski definition) is 7. The Morgan fingerprint density at radius 1 is 1.09 bits per heavy atom. The molecule has 1 atom stereocenters. The summed E-state index contributed by atoms with van der Waals surface area (Å²) in [5, 5.41) is 17.7. The summed E-state index contributed by atoms with van der Waals surface area (Å²) in [6, 6.07) is 14.6. The molecule has 10 nitrogen and oxygen atoms in total. The Morgan fingerprint density at radius 3 is 2.47 bits per heavy atom. The zero-order chi connectivity index (χ0) is 24.2. The fourth-order valence-corrected chi connectivity index (χ4v) is 3.65. The summed E-state index contributed by atoms with van der Waals surface area (Å²) in [5.74, 6) is -0.322. The molecular weight excluding hydrogens is 438 g/mol. The van der Waals surface area contributed by atoms with E-state index in [-0.39, 0.29) is 23.5 Å². The molecule has 2 aromatic carbocycles. The highest BCUT2D eigenvalue weighted by Gasteiger charge is 2.26. The average molecular weight is 468 g/mol. The summed E-state index contributed by atoms with van der Waals surface area (Å²) in [6.45, 7) is 3.00. The van der Waals surface area contributed by atoms with Crippen LogP contribution in [0.2, 0.25) is 0 Å². The van der Waals surface area contributed by atoms with Crippen molar-refractivity contribution >= 4 is 23.7 Å². The van der Waals surface area contributed by atoms with E-state index in [1.807, 2.05) is 18.2 Å². The molecule has 1 aliphatic heterocycles. The molecule has 10 heteroatoms. The van der Waals surface area contributed by atoms with Gasteiger partial charge in [-0.3, -0.25) is 24.6 Å². The zero-order valence-electron chi connectivity index (χ0n) is 18.9. The molecule has 2 aromatic rings. The van der Waals surface area contributed by atoms with Gasteiger partial charge in [0.15, 0.2) is 0 Å². The smallest absolute Gasteiger partial charge is 0.269 e. The molecule has 2 N–H and O–H groups in total. The van der Waals surface area contributed by atoms with Gasteiger partial charge in [0.05, 0.1) is 30.4 Å². The van der Waals surface area contributed by atoms with E-state index in [9.17, 15) is 19.7 Å². The van der Waals surface area contributed by atoms with Crippen molar-refractivity contribution in [1.29, 1.82) is 0 Å². The lowest BCUT2D eigenvalue weighted by molar-refractivity contribution is -0.384. The summed E-state index contributed by atoms with van der Waals surface area (Å²) in [6.07, 6.45) is 3.59. The van der Waals surface area contributed by atoms with Gasteiger partial charge < -0.3 is 10.1 Å². The van der Waals surface area contributed by atoms with Crippen molar-refractivity contribution in [2.75, 3.05) is 32.8 Å². The van der Waals surface area contributed by atoms with Crippen molar-refractivity contribution in [2.24, 2.45) is 5.10 Å². The van der Waals surface area contributed by atoms with Gasteiger partial charge in [0, 0.05) is 37.3 Å². The Hall–Kier alpha value is -3.63. The van der Waals surface area contributed by atoms with Gasteiger partial charge in [-0.15, -0.1) is 0 Å². The highest BCUT2D eigenvalue weighted by atomic mass is 16.6. The van der Waals surface area contributed by atoms with E-state index in [0.29, 0.717) is 50.4 Å². The van der Waals surface area contributed by atoms with E-state index in [1.54, 1.807) is 24.3 Å². The maximum Gasteiger partial charge on any atom is 0.269 e. The number of nitro groups is 1. The lowest BCUT2D eigenvalue weighted by Gasteiger charge is -2.33. The quantitative estimate of drug-likeness (QED) is 0.226. The van der Waals surface area contributed by atoms with Crippen LogP contribution in [0.5, 0.6) is 0 Å². The highest BCUT2D eigenvalue weighted by molar-refractivity contribution is 5.94. The van der Waals surface area contributed by atoms with Gasteiger partial charge in [-0.1, -0.05) is 18.2 Å². The molecule has 34 heavy (non-hydrogen) atoms. The minimum absolute atomic E-state index is 0.00600. The van der Waals surface area contributed by atoms with Gasteiger partial charge in [-0.05, 0) is 49.1 Å². The third-order valence-electron chi connectivity index (χ3n) is 5.51. The van der Waals surface area contributed by atoms with Crippen LogP contribution in [0.25, 0.3) is 0 Å². The van der Waals surface area contributed by atoms with Crippen LogP contribution in [-0.2, 0) is 9.53 Å². The first-order valence-corrected chi connectivity index (χ1v) is 11.3. The number of amides is 2. The third-order valence-corrected chi connectivity index (χ3v) is 5.51. The number of ether oxygens (including phenoxy) is 1. The maximum atomic E-state index is 12.9. The Labute approximate surface area is 198 Å². The second-order valence-corrected chi connectivity index (χ2v) is 7.86. The summed E-state index contributed by atoms with van der Waals surface area (Å²) in [7, 11) is 0. The van der Waals surface area contributed by atoms with E-state index in [1.165, 1.54) is 18.3 Å². The van der Waals surface area contributed by atoms with Crippen molar-refractivity contribution in [2.45, 2.75) is 25.3 Å². The molecule has 1 saturated heterocycles. The normalized spacial score (nSPS) is 15.1. The summed E-state index contributed by atoms with van der Waals surface area (Å²) < 4.78 is 5.41. The number of carbonyl (C=O) groups excluding carboxylic acids is 2. The first-order chi connectivity index (χ1) is 16.5. The molecule has 0 radical (unpaired) electrons. The predicted octanol–water partition coefficient (Wildman–Crippen LogP) is 2.35. The Morgan fingerprint density at radius 2 is 1.79 bits per heavy atom. The summed E-state index contributed by atoms with van der Waals surface area (Å²) in [4.78, 5) is 37.4. The van der Waals surface area contributed by atoms with Crippen LogP contribution in [0.15, 0.2) is 59.7 Å². The molecule has 1 heterocycles. The first kappa shape index (κ1) is 25.0. The molecule has 2 amide bonds. The fraction of sp³-hybridized carbons (Fsp3) is 0.375. The largest absolute Gasteiger partial charge is 0.379 e. The van der Waals surface area contributed by atoms with Crippen molar-refractivity contribution in [3.8, 4) is 0 Å². The number of hydrazone groups is 1. The number of non-ortho nitro benzene ring substituents is 1. The van der Waals surface area contributed by atoms with Crippen LogP contribution >= 0.6 is 0 Å². The monoisotopic (exact) mass is 467 g/mol. The number of morpholine rings is 1. The average Bonchev–Trinajstić information content (AvgIpc) is 2.87. The van der Waals surface area contributed by atoms with Crippen molar-refractivity contribution < 1.29 is 19.2 Å². The zero-order valence-corrected chi connectivity index (χ0v) is 18.9. The Balaban J connectivity index is 1.48. The number of rotatable bonds is 11. The molecule has 3 rings (SSSR count). The van der Waals surface area contributed by atoms with Crippen LogP contribution in [0.3, 0.4) is 0 Å². The molecule has 0 aliphatic carbocycles. The van der Waals surface area contributed by atoms with Gasteiger partial charge in [-0.25, -0.2) is 5.43 Å². The number of nitro benzene ring substituents is 1. The number of carbonyl (C=O) groups is 2. The van der Waals surface area contributed by atoms with Crippen LogP contribution in [0.4, 0.5) is 5.69 Å². The van der Waals surface area contributed by atoms with E-state index >= 15 is 0 Å². The molecule has 0 saturated carbocycles. The topological polar surface area (TPSA) is 126 Å². The fourth-order valence-electron chi connectivity index (χ4n) is 3.65. The molecule has 0 bridgehead atoms. The molecule has 180 valence electrons. The lowest BCUT2D eigenvalue weighted by atomic mass is 10.1. The summed E-state index contributed by atoms with van der Waals surface area (Å²) >= 11 is 0. The van der Waals surface area contributed by atoms with Gasteiger partial charge in [0.25, 0.3) is 17.5 Å². The number of hydrogen-bond donors (Lipinski definition) is 2. The standard InChI is InChI=1S/C24H29N5O5/c30-23(20-6-2-1-3-7-20)25-13-5-4-8-22(28-14-16-34-17-15-28)24(31)27-26-18-19-9-11-21(12-10-19)29(32)33/h1-3,6-7,9-12,18,22H,4-5,8,13-17H2,(H,25,30)(H,27,31). The van der Waals surface area contributed by atoms with E-state index in [2.05, 4.69) is 20.7 Å². The lowest BCUT2D eigenvalue weighted by Crippen LogP contribution is -2.50. The SMILES string of the molecule is O=C(NCCCCC(C(=O)NN=Cc1ccc([N+](=O)[O-])cc1)N1CCOCC1)c1ccccc1. The minimum atomic E-state index is -0.470. The van der Waals surface area contributed by atoms with Gasteiger partial charge >= 0.3 is 0 Å². The Kier molecular flexibility index (Phi) is 9.68. The van der Waals surface area contributed by atoms with Gasteiger partial charge in [-0.2, -0.15) is 5.10 Å². The molecule has 1 unspecified atom stereocenters. The second kappa shape index (κ2) is 13.2. The number of nitrogens with zero attached hydrogens (tertiary/aromatic N) is 3. The molecule has 0 aromatic heterocycles. The number of unbranched alkanes of at least 4 members (excludes halogenated alkanes) is 1. The van der Waals surface area contributed by atoms with Crippen LogP contribution in [0.1, 0.15) is 35.2 Å². The van der Waals surface area contributed by atoms with Crippen LogP contribution < -0.4 is 10.7 Å². The van der Waals surface area contributed by atoms with Crippen LogP contribution in [-0.4, -0.2) is 66.7 Å². The highest BCUT2D eigenvalue weighted by Crippen LogP contribution is 2.13. The first-order valence-electron chi connectivity index (χ1n) is 11.3. The molecule has 1 aliphatic rings. The number of nitrogens with one attached hydrogen (secondary N) is 2. The maximum absolute atomic E-state index is 12.9. The van der Waals surface area contributed by atoms with Gasteiger partial charge in [0.2, 0.25) is 0 Å². The molecule has 0 spiro atoms. The van der Waals surface area contributed by atoms with Crippen LogP contribution in [0, 0.1) is 10.1 Å². The van der Waals surface area contributed by atoms with E-state index < -0.39 is 4.92 Å².